The molecule has 1 rings (SSSR count). The van der Waals surface area contributed by atoms with Crippen LogP contribution in [0.4, 0.5) is 0 Å². The van der Waals surface area contributed by atoms with Crippen molar-refractivity contribution in [3.8, 4) is 0 Å². The van der Waals surface area contributed by atoms with Gasteiger partial charge in [-0.1, -0.05) is 244 Å². The van der Waals surface area contributed by atoms with Gasteiger partial charge in [0.2, 0.25) is 0 Å². The molecule has 0 spiro atoms. The van der Waals surface area contributed by atoms with Crippen molar-refractivity contribution in [3.05, 3.63) is 24.3 Å². The summed E-state index contributed by atoms with van der Waals surface area (Å²) in [5, 5.41) is 40.3. The molecule has 0 aromatic heterocycles. The lowest BCUT2D eigenvalue weighted by Crippen LogP contribution is -2.59. The molecule has 0 radical (unpaired) electrons. The Bertz CT molecular complexity index is 1160. The Morgan fingerprint density at radius 3 is 1.22 bits per heavy atom. The number of hydrogen-bond donors (Lipinski definition) is 4. The van der Waals surface area contributed by atoms with Gasteiger partial charge in [-0.05, 0) is 44.9 Å². The van der Waals surface area contributed by atoms with Crippen LogP contribution in [-0.4, -0.2) is 89.0 Å². The van der Waals surface area contributed by atoms with Crippen LogP contribution in [-0.2, 0) is 28.5 Å². The lowest BCUT2D eigenvalue weighted by molar-refractivity contribution is -0.305. The van der Waals surface area contributed by atoms with E-state index in [2.05, 4.69) is 38.2 Å². The van der Waals surface area contributed by atoms with E-state index in [1.165, 1.54) is 193 Å². The molecule has 0 aliphatic carbocycles. The van der Waals surface area contributed by atoms with E-state index in [1.54, 1.807) is 0 Å². The predicted molar refractivity (Wildman–Crippen MR) is 279 cm³/mol. The SMILES string of the molecule is CCCCCCC/C=C\C/C=C\CCCCCCCCCCCC(=O)OC(COC(=O)CCCCCCCCCCCCCCCCCCCCCCCC)COC1OC(CO)C(O)C(O)C1O. The quantitative estimate of drug-likeness (QED) is 0.0263. The summed E-state index contributed by atoms with van der Waals surface area (Å²) in [5.74, 6) is -0.795. The number of esters is 2. The van der Waals surface area contributed by atoms with Crippen LogP contribution in [0.5, 0.6) is 0 Å². The molecule has 68 heavy (non-hydrogen) atoms. The lowest BCUT2D eigenvalue weighted by atomic mass is 9.99. The zero-order chi connectivity index (χ0) is 49.4. The van der Waals surface area contributed by atoms with E-state index in [-0.39, 0.29) is 32.0 Å². The molecule has 0 saturated carbocycles. The first kappa shape index (κ1) is 64.2. The first-order valence-corrected chi connectivity index (χ1v) is 28.9. The van der Waals surface area contributed by atoms with Gasteiger partial charge in [0.1, 0.15) is 31.0 Å². The highest BCUT2D eigenvalue weighted by atomic mass is 16.7. The average Bonchev–Trinajstić information content (AvgIpc) is 3.34. The van der Waals surface area contributed by atoms with Gasteiger partial charge >= 0.3 is 11.9 Å². The molecule has 1 aliphatic heterocycles. The summed E-state index contributed by atoms with van der Waals surface area (Å²) in [7, 11) is 0. The Balaban J connectivity index is 2.20. The van der Waals surface area contributed by atoms with Crippen LogP contribution < -0.4 is 0 Å². The predicted octanol–water partition coefficient (Wildman–Crippen LogP) is 14.4. The average molecular weight is 965 g/mol. The number of aliphatic hydroxyl groups excluding tert-OH is 4. The van der Waals surface area contributed by atoms with Crippen LogP contribution in [0, 0.1) is 0 Å². The van der Waals surface area contributed by atoms with Gasteiger partial charge in [-0.15, -0.1) is 0 Å². The number of carbonyl (C=O) groups excluding carboxylic acids is 2. The minimum absolute atomic E-state index is 0.214. The maximum Gasteiger partial charge on any atom is 0.306 e. The highest BCUT2D eigenvalue weighted by molar-refractivity contribution is 5.70. The van der Waals surface area contributed by atoms with Crippen molar-refractivity contribution in [3.63, 3.8) is 0 Å². The number of rotatable bonds is 50. The number of allylic oxidation sites excluding steroid dienone is 4. The van der Waals surface area contributed by atoms with Gasteiger partial charge < -0.3 is 39.4 Å². The molecule has 6 unspecified atom stereocenters. The first-order chi connectivity index (χ1) is 33.3. The van der Waals surface area contributed by atoms with E-state index in [1.807, 2.05) is 0 Å². The van der Waals surface area contributed by atoms with E-state index in [0.29, 0.717) is 6.42 Å². The Morgan fingerprint density at radius 1 is 0.456 bits per heavy atom. The van der Waals surface area contributed by atoms with Crippen LogP contribution in [0.1, 0.15) is 277 Å². The molecular weight excluding hydrogens is 857 g/mol. The minimum atomic E-state index is -1.59. The largest absolute Gasteiger partial charge is 0.462 e. The van der Waals surface area contributed by atoms with Crippen LogP contribution in [0.25, 0.3) is 0 Å². The third-order valence-corrected chi connectivity index (χ3v) is 13.6. The number of aliphatic hydroxyl groups is 4. The van der Waals surface area contributed by atoms with Crippen LogP contribution in [0.2, 0.25) is 0 Å². The van der Waals surface area contributed by atoms with Crippen molar-refractivity contribution in [2.45, 2.75) is 314 Å². The van der Waals surface area contributed by atoms with E-state index in [4.69, 9.17) is 18.9 Å². The van der Waals surface area contributed by atoms with E-state index in [9.17, 15) is 30.0 Å². The molecule has 1 aliphatic rings. The maximum absolute atomic E-state index is 12.9. The minimum Gasteiger partial charge on any atom is -0.462 e. The van der Waals surface area contributed by atoms with E-state index < -0.39 is 49.4 Å². The highest BCUT2D eigenvalue weighted by Crippen LogP contribution is 2.23. The Labute approximate surface area is 417 Å². The molecule has 0 aromatic rings. The molecule has 1 heterocycles. The van der Waals surface area contributed by atoms with Gasteiger partial charge in [-0.25, -0.2) is 0 Å². The summed E-state index contributed by atoms with van der Waals surface area (Å²) in [6, 6.07) is 0. The van der Waals surface area contributed by atoms with Crippen LogP contribution in [0.3, 0.4) is 0 Å². The van der Waals surface area contributed by atoms with E-state index in [0.717, 1.165) is 51.4 Å². The fourth-order valence-corrected chi connectivity index (χ4v) is 9.05. The summed E-state index contributed by atoms with van der Waals surface area (Å²) in [5.41, 5.74) is 0. The second-order valence-electron chi connectivity index (χ2n) is 20.1. The zero-order valence-electron chi connectivity index (χ0n) is 44.1. The van der Waals surface area contributed by atoms with E-state index >= 15 is 0 Å². The molecule has 0 bridgehead atoms. The van der Waals surface area contributed by atoms with Crippen LogP contribution in [0.15, 0.2) is 24.3 Å². The van der Waals surface area contributed by atoms with Crippen molar-refractivity contribution < 1.29 is 49.0 Å². The molecule has 10 nitrogen and oxygen atoms in total. The standard InChI is InChI=1S/C58H108O10/c1-3-5-7-9-11-13-15-17-19-21-23-25-27-28-30-32-34-36-38-40-42-44-46-53(60)65-49-51(50-66-58-57(64)56(63)55(62)52(48-59)68-58)67-54(61)47-45-43-41-39-37-35-33-31-29-26-24-22-20-18-16-14-12-10-8-6-4-2/h16,18,22,24,51-52,55-59,62-64H,3-15,17,19-21,23,25-50H2,1-2H3/b18-16-,24-22-. The lowest BCUT2D eigenvalue weighted by Gasteiger charge is -2.39. The topological polar surface area (TPSA) is 152 Å². The Hall–Kier alpha value is -1.82. The molecule has 0 aromatic carbocycles. The number of carbonyl (C=O) groups is 2. The summed E-state index contributed by atoms with van der Waals surface area (Å²) < 4.78 is 22.3. The smallest absolute Gasteiger partial charge is 0.306 e. The molecule has 6 atom stereocenters. The number of unbranched alkanes of at least 4 members (excludes halogenated alkanes) is 35. The van der Waals surface area contributed by atoms with Crippen LogP contribution >= 0.6 is 0 Å². The van der Waals surface area contributed by atoms with Crippen molar-refractivity contribution in [1.82, 2.24) is 0 Å². The summed E-state index contributed by atoms with van der Waals surface area (Å²) >= 11 is 0. The Morgan fingerprint density at radius 2 is 0.824 bits per heavy atom. The van der Waals surface area contributed by atoms with Crippen molar-refractivity contribution in [2.24, 2.45) is 0 Å². The normalized spacial score (nSPS) is 19.1. The first-order valence-electron chi connectivity index (χ1n) is 28.9. The summed E-state index contributed by atoms with van der Waals surface area (Å²) in [6.45, 7) is 3.47. The fourth-order valence-electron chi connectivity index (χ4n) is 9.05. The van der Waals surface area contributed by atoms with Gasteiger partial charge in [0.05, 0.1) is 13.2 Å². The molecule has 10 heteroatoms. The molecule has 1 fully saturated rings. The third-order valence-electron chi connectivity index (χ3n) is 13.6. The second kappa shape index (κ2) is 48.8. The van der Waals surface area contributed by atoms with Crippen molar-refractivity contribution in [1.29, 1.82) is 0 Å². The zero-order valence-corrected chi connectivity index (χ0v) is 44.1. The van der Waals surface area contributed by atoms with Crippen molar-refractivity contribution >= 4 is 11.9 Å². The fraction of sp³-hybridized carbons (Fsp3) is 0.897. The molecule has 0 amide bonds. The monoisotopic (exact) mass is 965 g/mol. The van der Waals surface area contributed by atoms with Gasteiger partial charge in [0.25, 0.3) is 0 Å². The molecule has 1 saturated heterocycles. The summed E-state index contributed by atoms with van der Waals surface area (Å²) in [4.78, 5) is 25.5. The second-order valence-corrected chi connectivity index (χ2v) is 20.1. The van der Waals surface area contributed by atoms with Crippen molar-refractivity contribution in [2.75, 3.05) is 19.8 Å². The number of ether oxygens (including phenoxy) is 4. The van der Waals surface area contributed by atoms with Gasteiger partial charge in [0, 0.05) is 12.8 Å². The maximum atomic E-state index is 12.9. The van der Waals surface area contributed by atoms with Gasteiger partial charge in [-0.3, -0.25) is 9.59 Å². The molecule has 400 valence electrons. The highest BCUT2D eigenvalue weighted by Gasteiger charge is 2.44. The summed E-state index contributed by atoms with van der Waals surface area (Å²) in [6.07, 6.45) is 50.5. The van der Waals surface area contributed by atoms with Gasteiger partial charge in [0.15, 0.2) is 12.4 Å². The third kappa shape index (κ3) is 38.9. The molecule has 4 N–H and O–H groups in total. The Kier molecular flexibility index (Phi) is 46.1. The van der Waals surface area contributed by atoms with Gasteiger partial charge in [-0.2, -0.15) is 0 Å². The molecular formula is C58H108O10. The number of hydrogen-bond acceptors (Lipinski definition) is 10.